The predicted molar refractivity (Wildman–Crippen MR) is 78.6 cm³/mol. The van der Waals surface area contributed by atoms with Gasteiger partial charge in [0.25, 0.3) is 0 Å². The highest BCUT2D eigenvalue weighted by atomic mass is 35.5. The van der Waals surface area contributed by atoms with E-state index in [1.54, 1.807) is 17.2 Å². The largest absolute Gasteiger partial charge is 0.335 e. The number of hydrogen-bond acceptors (Lipinski definition) is 3. The van der Waals surface area contributed by atoms with Crippen molar-refractivity contribution in [1.82, 2.24) is 14.8 Å². The fraction of sp³-hybridized carbons (Fsp3) is 0.400. The molecule has 0 aromatic carbocycles. The van der Waals surface area contributed by atoms with Crippen LogP contribution in [0.5, 0.6) is 0 Å². The summed E-state index contributed by atoms with van der Waals surface area (Å²) in [5, 5.41) is 0.392. The fourth-order valence-corrected chi connectivity index (χ4v) is 3.38. The zero-order valence-electron chi connectivity index (χ0n) is 11.5. The van der Waals surface area contributed by atoms with Crippen LogP contribution in [0, 0.1) is 0 Å². The van der Waals surface area contributed by atoms with Gasteiger partial charge in [-0.25, -0.2) is 4.98 Å². The first-order chi connectivity index (χ1) is 10.1. The lowest BCUT2D eigenvalue weighted by molar-refractivity contribution is -0.140. The van der Waals surface area contributed by atoms with E-state index in [-0.39, 0.29) is 23.9 Å². The second-order valence-corrected chi connectivity index (χ2v) is 5.76. The van der Waals surface area contributed by atoms with Crippen LogP contribution in [0.2, 0.25) is 5.15 Å². The molecule has 0 saturated carbocycles. The van der Waals surface area contributed by atoms with Crippen LogP contribution < -0.4 is 0 Å². The van der Waals surface area contributed by atoms with Crippen molar-refractivity contribution in [2.75, 3.05) is 13.1 Å². The van der Waals surface area contributed by atoms with Crippen LogP contribution in [-0.2, 0) is 9.59 Å². The van der Waals surface area contributed by atoms with Gasteiger partial charge in [-0.1, -0.05) is 18.2 Å². The number of halogens is 1. The lowest BCUT2D eigenvalue weighted by Gasteiger charge is -2.43. The Morgan fingerprint density at radius 3 is 3.00 bits per heavy atom. The normalized spacial score (nSPS) is 24.9. The second kappa shape index (κ2) is 5.48. The smallest absolute Gasteiger partial charge is 0.246 e. The molecule has 6 heteroatoms. The Labute approximate surface area is 128 Å². The van der Waals surface area contributed by atoms with Crippen molar-refractivity contribution >= 4 is 23.4 Å². The Bertz CT molecular complexity index is 604. The van der Waals surface area contributed by atoms with Gasteiger partial charge in [-0.15, -0.1) is 0 Å². The van der Waals surface area contributed by atoms with Gasteiger partial charge in [0.05, 0.1) is 12.1 Å². The summed E-state index contributed by atoms with van der Waals surface area (Å²) in [4.78, 5) is 31.8. The summed E-state index contributed by atoms with van der Waals surface area (Å²) < 4.78 is 0. The SMILES string of the molecule is C=CC(=O)N1CC(c2ccnc(Cl)c2)N2C(=O)CC[C@@H]2C1. The Balaban J connectivity index is 1.95. The van der Waals surface area contributed by atoms with Crippen molar-refractivity contribution in [2.45, 2.75) is 24.9 Å². The molecule has 21 heavy (non-hydrogen) atoms. The summed E-state index contributed by atoms with van der Waals surface area (Å²) in [5.41, 5.74) is 0.914. The number of pyridine rings is 1. The molecule has 3 rings (SSSR count). The molecule has 1 aromatic rings. The molecule has 110 valence electrons. The monoisotopic (exact) mass is 305 g/mol. The second-order valence-electron chi connectivity index (χ2n) is 5.37. The minimum absolute atomic E-state index is 0.0760. The number of carbonyl (C=O) groups is 2. The molecule has 2 atom stereocenters. The van der Waals surface area contributed by atoms with Crippen molar-refractivity contribution < 1.29 is 9.59 Å². The summed E-state index contributed by atoms with van der Waals surface area (Å²) in [5.74, 6) is 0.0442. The molecule has 3 heterocycles. The van der Waals surface area contributed by atoms with Gasteiger partial charge < -0.3 is 9.80 Å². The van der Waals surface area contributed by atoms with E-state index in [4.69, 9.17) is 11.6 Å². The van der Waals surface area contributed by atoms with Crippen molar-refractivity contribution in [2.24, 2.45) is 0 Å². The average molecular weight is 306 g/mol. The summed E-state index contributed by atoms with van der Waals surface area (Å²) in [6.07, 6.45) is 4.27. The molecule has 2 saturated heterocycles. The topological polar surface area (TPSA) is 53.5 Å². The lowest BCUT2D eigenvalue weighted by Crippen LogP contribution is -2.54. The average Bonchev–Trinajstić information content (AvgIpc) is 2.87. The van der Waals surface area contributed by atoms with Gasteiger partial charge in [-0.2, -0.15) is 0 Å². The number of aromatic nitrogens is 1. The number of piperazine rings is 1. The molecule has 5 nitrogen and oxygen atoms in total. The maximum Gasteiger partial charge on any atom is 0.246 e. The van der Waals surface area contributed by atoms with Crippen LogP contribution in [0.15, 0.2) is 31.0 Å². The van der Waals surface area contributed by atoms with Crippen molar-refractivity contribution in [3.05, 3.63) is 41.7 Å². The zero-order valence-corrected chi connectivity index (χ0v) is 12.3. The Hall–Kier alpha value is -1.88. The number of amides is 2. The molecular formula is C15H16ClN3O2. The van der Waals surface area contributed by atoms with Crippen LogP contribution in [0.4, 0.5) is 0 Å². The van der Waals surface area contributed by atoms with Crippen LogP contribution in [0.1, 0.15) is 24.4 Å². The third kappa shape index (κ3) is 2.53. The Kier molecular flexibility index (Phi) is 3.68. The molecule has 1 unspecified atom stereocenters. The van der Waals surface area contributed by atoms with E-state index in [1.807, 2.05) is 11.0 Å². The van der Waals surface area contributed by atoms with Crippen molar-refractivity contribution in [3.8, 4) is 0 Å². The Morgan fingerprint density at radius 1 is 1.48 bits per heavy atom. The van der Waals surface area contributed by atoms with E-state index in [9.17, 15) is 9.59 Å². The predicted octanol–water partition coefficient (Wildman–Crippen LogP) is 1.80. The minimum atomic E-state index is -0.164. The fourth-order valence-electron chi connectivity index (χ4n) is 3.19. The van der Waals surface area contributed by atoms with Gasteiger partial charge in [0.15, 0.2) is 0 Å². The first-order valence-electron chi connectivity index (χ1n) is 6.94. The van der Waals surface area contributed by atoms with E-state index < -0.39 is 0 Å². The molecule has 2 fully saturated rings. The standard InChI is InChI=1S/C15H16ClN3O2/c1-2-14(20)18-8-11-3-4-15(21)19(11)12(9-18)10-5-6-17-13(16)7-10/h2,5-7,11-12H,1,3-4,8-9H2/t11-,12?/m1/s1. The van der Waals surface area contributed by atoms with Crippen LogP contribution in [0.25, 0.3) is 0 Å². The highest BCUT2D eigenvalue weighted by molar-refractivity contribution is 6.29. The van der Waals surface area contributed by atoms with Crippen LogP contribution >= 0.6 is 11.6 Å². The summed E-state index contributed by atoms with van der Waals surface area (Å²) in [6.45, 7) is 4.59. The molecule has 0 bridgehead atoms. The van der Waals surface area contributed by atoms with Crippen molar-refractivity contribution in [3.63, 3.8) is 0 Å². The maximum atomic E-state index is 12.2. The third-order valence-corrected chi connectivity index (χ3v) is 4.36. The molecule has 1 aromatic heterocycles. The van der Waals surface area contributed by atoms with Gasteiger partial charge in [0.1, 0.15) is 5.15 Å². The summed E-state index contributed by atoms with van der Waals surface area (Å²) in [7, 11) is 0. The van der Waals surface area contributed by atoms with E-state index in [2.05, 4.69) is 11.6 Å². The van der Waals surface area contributed by atoms with E-state index in [0.29, 0.717) is 24.7 Å². The van der Waals surface area contributed by atoms with E-state index >= 15 is 0 Å². The Morgan fingerprint density at radius 2 is 2.29 bits per heavy atom. The molecule has 2 amide bonds. The van der Waals surface area contributed by atoms with Gasteiger partial charge in [-0.3, -0.25) is 9.59 Å². The minimum Gasteiger partial charge on any atom is -0.335 e. The maximum absolute atomic E-state index is 12.2. The number of hydrogen-bond donors (Lipinski definition) is 0. The summed E-state index contributed by atoms with van der Waals surface area (Å²) >= 11 is 5.96. The molecule has 0 radical (unpaired) electrons. The van der Waals surface area contributed by atoms with Gasteiger partial charge in [0, 0.05) is 25.7 Å². The number of fused-ring (bicyclic) bond motifs is 1. The highest BCUT2D eigenvalue weighted by Crippen LogP contribution is 2.35. The van der Waals surface area contributed by atoms with Gasteiger partial charge in [-0.05, 0) is 30.2 Å². The zero-order chi connectivity index (χ0) is 15.0. The van der Waals surface area contributed by atoms with E-state index in [0.717, 1.165) is 12.0 Å². The first-order valence-corrected chi connectivity index (χ1v) is 7.32. The quantitative estimate of drug-likeness (QED) is 0.618. The molecular weight excluding hydrogens is 290 g/mol. The molecule has 2 aliphatic rings. The third-order valence-electron chi connectivity index (χ3n) is 4.15. The van der Waals surface area contributed by atoms with Crippen molar-refractivity contribution in [1.29, 1.82) is 0 Å². The number of nitrogens with zero attached hydrogens (tertiary/aromatic N) is 3. The summed E-state index contributed by atoms with van der Waals surface area (Å²) in [6, 6.07) is 3.52. The molecule has 0 aliphatic carbocycles. The molecule has 0 N–H and O–H groups in total. The lowest BCUT2D eigenvalue weighted by atomic mass is 10.0. The van der Waals surface area contributed by atoms with Gasteiger partial charge >= 0.3 is 0 Å². The molecule has 0 spiro atoms. The number of carbonyl (C=O) groups excluding carboxylic acids is 2. The first kappa shape index (κ1) is 14.1. The number of rotatable bonds is 2. The van der Waals surface area contributed by atoms with Gasteiger partial charge in [0.2, 0.25) is 11.8 Å². The molecule has 2 aliphatic heterocycles. The van der Waals surface area contributed by atoms with Crippen LogP contribution in [-0.4, -0.2) is 45.7 Å². The van der Waals surface area contributed by atoms with E-state index in [1.165, 1.54) is 6.08 Å². The van der Waals surface area contributed by atoms with Crippen LogP contribution in [0.3, 0.4) is 0 Å². The highest BCUT2D eigenvalue weighted by Gasteiger charge is 2.42.